The average Bonchev–Trinajstić information content (AvgIpc) is 3.06. The van der Waals surface area contributed by atoms with E-state index in [0.29, 0.717) is 30.6 Å². The first-order chi connectivity index (χ1) is 17.2. The summed E-state index contributed by atoms with van der Waals surface area (Å²) in [6.07, 6.45) is 4.55. The number of likely N-dealkylation sites (N-methyl/N-ethyl adjacent to an activating group) is 1. The van der Waals surface area contributed by atoms with Gasteiger partial charge in [-0.1, -0.05) is 23.7 Å². The highest BCUT2D eigenvalue weighted by Gasteiger charge is 2.50. The van der Waals surface area contributed by atoms with Crippen LogP contribution in [0, 0.1) is 0 Å². The number of sulfonamides is 1. The van der Waals surface area contributed by atoms with E-state index in [1.165, 1.54) is 11.8 Å². The van der Waals surface area contributed by atoms with Gasteiger partial charge in [-0.15, -0.1) is 0 Å². The molecule has 0 radical (unpaired) electrons. The highest BCUT2D eigenvalue weighted by molar-refractivity contribution is 7.88. The van der Waals surface area contributed by atoms with Gasteiger partial charge in [-0.05, 0) is 86.1 Å². The number of ether oxygens (including phenoxy) is 1. The molecule has 2 fully saturated rings. The van der Waals surface area contributed by atoms with Crippen LogP contribution in [-0.4, -0.2) is 76.2 Å². The van der Waals surface area contributed by atoms with Crippen molar-refractivity contribution in [3.63, 3.8) is 0 Å². The van der Waals surface area contributed by atoms with Gasteiger partial charge in [0.15, 0.2) is 0 Å². The highest BCUT2D eigenvalue weighted by atomic mass is 35.5. The molecule has 1 spiro atoms. The van der Waals surface area contributed by atoms with Crippen molar-refractivity contribution in [2.45, 2.75) is 37.0 Å². The van der Waals surface area contributed by atoms with E-state index < -0.39 is 15.4 Å². The van der Waals surface area contributed by atoms with Gasteiger partial charge < -0.3 is 9.64 Å². The Morgan fingerprint density at radius 1 is 1.03 bits per heavy atom. The van der Waals surface area contributed by atoms with Gasteiger partial charge in [-0.25, -0.2) is 12.7 Å². The largest absolute Gasteiger partial charge is 0.492 e. The van der Waals surface area contributed by atoms with Crippen LogP contribution in [0.25, 0.3) is 0 Å². The molecule has 5 rings (SSSR count). The third-order valence-electron chi connectivity index (χ3n) is 8.21. The van der Waals surface area contributed by atoms with E-state index in [1.807, 2.05) is 37.4 Å². The zero-order valence-corrected chi connectivity index (χ0v) is 22.5. The predicted octanol–water partition coefficient (Wildman–Crippen LogP) is 3.87. The fraction of sp³-hybridized carbons (Fsp3) is 0.519. The molecule has 2 saturated heterocycles. The second-order valence-electron chi connectivity index (χ2n) is 10.3. The van der Waals surface area contributed by atoms with Crippen LogP contribution >= 0.6 is 11.6 Å². The molecule has 0 atom stereocenters. The van der Waals surface area contributed by atoms with E-state index in [4.69, 9.17) is 16.3 Å². The van der Waals surface area contributed by atoms with E-state index in [9.17, 15) is 13.2 Å². The van der Waals surface area contributed by atoms with Crippen LogP contribution in [0.1, 0.15) is 42.7 Å². The zero-order valence-electron chi connectivity index (χ0n) is 21.0. The fourth-order valence-corrected chi connectivity index (χ4v) is 7.07. The average molecular weight is 532 g/mol. The monoisotopic (exact) mass is 531 g/mol. The van der Waals surface area contributed by atoms with Crippen molar-refractivity contribution in [2.75, 3.05) is 57.5 Å². The lowest BCUT2D eigenvalue weighted by atomic mass is 9.73. The minimum absolute atomic E-state index is 0.178. The normalized spacial score (nSPS) is 21.2. The molecular formula is C27H34ClN3O4S. The third-order valence-corrected chi connectivity index (χ3v) is 9.75. The minimum Gasteiger partial charge on any atom is -0.492 e. The molecule has 0 aliphatic carbocycles. The molecule has 3 aliphatic rings. The smallest absolute Gasteiger partial charge is 0.237 e. The first-order valence-corrected chi connectivity index (χ1v) is 14.9. The summed E-state index contributed by atoms with van der Waals surface area (Å²) in [5.41, 5.74) is 2.83. The Labute approximate surface area is 219 Å². The lowest BCUT2D eigenvalue weighted by Crippen LogP contribution is -2.48. The lowest BCUT2D eigenvalue weighted by molar-refractivity contribution is -0.124. The van der Waals surface area contributed by atoms with E-state index in [1.54, 1.807) is 9.21 Å². The minimum atomic E-state index is -3.10. The van der Waals surface area contributed by atoms with Gasteiger partial charge in [-0.3, -0.25) is 9.69 Å². The SMILES string of the molecule is CN1C(=O)C2(CCN(CCOc3ccc(C4CCN(S(C)(=O)=O)CC4)cc3)CC2)c2cc(Cl)ccc21. The van der Waals surface area contributed by atoms with Gasteiger partial charge in [0.25, 0.3) is 0 Å². The zero-order chi connectivity index (χ0) is 25.5. The van der Waals surface area contributed by atoms with E-state index in [2.05, 4.69) is 17.0 Å². The maximum Gasteiger partial charge on any atom is 0.237 e. The van der Waals surface area contributed by atoms with Crippen molar-refractivity contribution in [3.8, 4) is 5.75 Å². The molecule has 36 heavy (non-hydrogen) atoms. The van der Waals surface area contributed by atoms with Crippen LogP contribution in [0.3, 0.4) is 0 Å². The maximum absolute atomic E-state index is 13.2. The van der Waals surface area contributed by atoms with Gasteiger partial charge in [0.2, 0.25) is 15.9 Å². The topological polar surface area (TPSA) is 70.2 Å². The number of fused-ring (bicyclic) bond motifs is 2. The summed E-state index contributed by atoms with van der Waals surface area (Å²) < 4.78 is 31.0. The lowest BCUT2D eigenvalue weighted by Gasteiger charge is -2.38. The van der Waals surface area contributed by atoms with Crippen LogP contribution < -0.4 is 9.64 Å². The van der Waals surface area contributed by atoms with Gasteiger partial charge in [0.1, 0.15) is 12.4 Å². The van der Waals surface area contributed by atoms with Gasteiger partial charge in [0, 0.05) is 37.4 Å². The molecule has 2 aromatic rings. The number of benzene rings is 2. The third kappa shape index (κ3) is 4.88. The molecule has 3 heterocycles. The van der Waals surface area contributed by atoms with Gasteiger partial charge in [-0.2, -0.15) is 0 Å². The van der Waals surface area contributed by atoms with Crippen molar-refractivity contribution in [2.24, 2.45) is 0 Å². The second-order valence-corrected chi connectivity index (χ2v) is 12.7. The van der Waals surface area contributed by atoms with Crippen LogP contribution in [0.15, 0.2) is 42.5 Å². The molecule has 194 valence electrons. The first-order valence-electron chi connectivity index (χ1n) is 12.7. The summed E-state index contributed by atoms with van der Waals surface area (Å²) in [7, 11) is -1.24. The summed E-state index contributed by atoms with van der Waals surface area (Å²) in [4.78, 5) is 17.3. The maximum atomic E-state index is 13.2. The number of piperidine rings is 2. The number of carbonyl (C=O) groups excluding carboxylic acids is 1. The summed E-state index contributed by atoms with van der Waals surface area (Å²) in [5.74, 6) is 1.41. The quantitative estimate of drug-likeness (QED) is 0.566. The second kappa shape index (κ2) is 9.97. The number of hydrogen-bond acceptors (Lipinski definition) is 5. The van der Waals surface area contributed by atoms with Crippen molar-refractivity contribution in [1.29, 1.82) is 0 Å². The van der Waals surface area contributed by atoms with E-state index in [0.717, 1.165) is 62.3 Å². The Balaban J connectivity index is 1.10. The summed E-state index contributed by atoms with van der Waals surface area (Å²) in [6.45, 7) is 4.27. The Morgan fingerprint density at radius 3 is 2.33 bits per heavy atom. The number of likely N-dealkylation sites (tertiary alicyclic amines) is 1. The molecular weight excluding hydrogens is 498 g/mol. The number of halogens is 1. The molecule has 3 aliphatic heterocycles. The Bertz CT molecular complexity index is 1220. The van der Waals surface area contributed by atoms with Crippen LogP contribution in [0.2, 0.25) is 5.02 Å². The van der Waals surface area contributed by atoms with Gasteiger partial charge >= 0.3 is 0 Å². The fourth-order valence-electron chi connectivity index (χ4n) is 6.02. The highest BCUT2D eigenvalue weighted by Crippen LogP contribution is 2.48. The summed E-state index contributed by atoms with van der Waals surface area (Å²) in [6, 6.07) is 14.0. The molecule has 0 aromatic heterocycles. The Morgan fingerprint density at radius 2 is 1.69 bits per heavy atom. The predicted molar refractivity (Wildman–Crippen MR) is 143 cm³/mol. The summed E-state index contributed by atoms with van der Waals surface area (Å²) >= 11 is 6.27. The van der Waals surface area contributed by atoms with Crippen LogP contribution in [-0.2, 0) is 20.2 Å². The number of anilines is 1. The number of rotatable bonds is 6. The molecule has 7 nitrogen and oxygen atoms in total. The van der Waals surface area contributed by atoms with Crippen molar-refractivity contribution in [3.05, 3.63) is 58.6 Å². The number of carbonyl (C=O) groups is 1. The van der Waals surface area contributed by atoms with Crippen LogP contribution in [0.4, 0.5) is 5.69 Å². The molecule has 1 amide bonds. The first kappa shape index (κ1) is 25.5. The number of amides is 1. The van der Waals surface area contributed by atoms with Crippen molar-refractivity contribution in [1.82, 2.24) is 9.21 Å². The van der Waals surface area contributed by atoms with Crippen LogP contribution in [0.5, 0.6) is 5.75 Å². The Hall–Kier alpha value is -2.13. The van der Waals surface area contributed by atoms with Crippen molar-refractivity contribution < 1.29 is 17.9 Å². The molecule has 0 unspecified atom stereocenters. The van der Waals surface area contributed by atoms with E-state index in [-0.39, 0.29) is 5.91 Å². The van der Waals surface area contributed by atoms with E-state index >= 15 is 0 Å². The van der Waals surface area contributed by atoms with Gasteiger partial charge in [0.05, 0.1) is 11.7 Å². The molecule has 0 saturated carbocycles. The molecule has 9 heteroatoms. The van der Waals surface area contributed by atoms with Crippen molar-refractivity contribution >= 4 is 33.2 Å². The molecule has 0 N–H and O–H groups in total. The number of nitrogens with zero attached hydrogens (tertiary/aromatic N) is 3. The summed E-state index contributed by atoms with van der Waals surface area (Å²) in [5, 5.41) is 0.678. The Kier molecular flexibility index (Phi) is 7.07. The number of hydrogen-bond donors (Lipinski definition) is 0. The molecule has 0 bridgehead atoms. The standard InChI is InChI=1S/C27H34ClN3O4S/c1-29-25-8-5-22(28)19-24(25)27(26(29)32)11-15-30(16-12-27)17-18-35-23-6-3-20(4-7-23)21-9-13-31(14-10-21)36(2,33)34/h3-8,19,21H,9-18H2,1-2H3. The molecule has 2 aromatic carbocycles.